The molecular weight excluding hydrogens is 234 g/mol. The van der Waals surface area contributed by atoms with E-state index in [0.717, 1.165) is 10.9 Å². The molecule has 17 heavy (non-hydrogen) atoms. The molecule has 6 nitrogen and oxygen atoms in total. The van der Waals surface area contributed by atoms with Gasteiger partial charge in [-0.3, -0.25) is 15.1 Å². The summed E-state index contributed by atoms with van der Waals surface area (Å²) in [4.78, 5) is 13.5. The van der Waals surface area contributed by atoms with Crippen molar-refractivity contribution in [1.29, 1.82) is 0 Å². The number of halogens is 2. The average molecular weight is 240 g/mol. The fraction of sp³-hybridized carbons (Fsp3) is 0.111. The van der Waals surface area contributed by atoms with Gasteiger partial charge >= 0.3 is 5.69 Å². The summed E-state index contributed by atoms with van der Waals surface area (Å²) >= 11 is 0. The molecular formula is C9H6F2N4O2. The Bertz CT molecular complexity index is 541. The summed E-state index contributed by atoms with van der Waals surface area (Å²) in [6.07, 6.45) is 0.813. The minimum atomic E-state index is -2.99. The molecule has 88 valence electrons. The Morgan fingerprint density at radius 1 is 1.47 bits per heavy atom. The van der Waals surface area contributed by atoms with Crippen LogP contribution >= 0.6 is 0 Å². The van der Waals surface area contributed by atoms with Gasteiger partial charge in [-0.1, -0.05) is 0 Å². The van der Waals surface area contributed by atoms with Crippen molar-refractivity contribution < 1.29 is 13.7 Å². The zero-order valence-corrected chi connectivity index (χ0v) is 8.33. The van der Waals surface area contributed by atoms with Gasteiger partial charge in [0.1, 0.15) is 6.20 Å². The normalized spacial score (nSPS) is 10.8. The second-order valence-electron chi connectivity index (χ2n) is 3.11. The van der Waals surface area contributed by atoms with Gasteiger partial charge in [-0.15, -0.1) is 0 Å². The van der Waals surface area contributed by atoms with Crippen molar-refractivity contribution >= 4 is 5.69 Å². The molecule has 2 rings (SSSR count). The van der Waals surface area contributed by atoms with E-state index in [2.05, 4.69) is 10.1 Å². The molecule has 2 aromatic heterocycles. The molecule has 2 aromatic rings. The average Bonchev–Trinajstić information content (AvgIpc) is 2.75. The minimum Gasteiger partial charge on any atom is -0.262 e. The van der Waals surface area contributed by atoms with E-state index in [4.69, 9.17) is 0 Å². The Morgan fingerprint density at radius 2 is 2.24 bits per heavy atom. The smallest absolute Gasteiger partial charge is 0.262 e. The highest BCUT2D eigenvalue weighted by Crippen LogP contribution is 2.28. The van der Waals surface area contributed by atoms with Gasteiger partial charge < -0.3 is 0 Å². The number of hydrogen-bond donors (Lipinski definition) is 0. The second-order valence-corrected chi connectivity index (χ2v) is 3.11. The van der Waals surface area contributed by atoms with Crippen molar-refractivity contribution in [3.8, 4) is 5.69 Å². The lowest BCUT2D eigenvalue weighted by Crippen LogP contribution is -1.96. The summed E-state index contributed by atoms with van der Waals surface area (Å²) in [5.74, 6) is 0. The van der Waals surface area contributed by atoms with Gasteiger partial charge in [0.25, 0.3) is 6.43 Å². The van der Waals surface area contributed by atoms with Crippen LogP contribution in [0.1, 0.15) is 12.1 Å². The highest BCUT2D eigenvalue weighted by molar-refractivity contribution is 5.38. The van der Waals surface area contributed by atoms with Gasteiger partial charge in [0.2, 0.25) is 5.69 Å². The number of rotatable bonds is 3. The van der Waals surface area contributed by atoms with Crippen molar-refractivity contribution in [3.05, 3.63) is 46.5 Å². The molecule has 0 atom stereocenters. The van der Waals surface area contributed by atoms with Gasteiger partial charge in [-0.2, -0.15) is 5.10 Å². The summed E-state index contributed by atoms with van der Waals surface area (Å²) < 4.78 is 26.0. The summed E-state index contributed by atoms with van der Waals surface area (Å²) in [5.41, 5.74) is -1.18. The first kappa shape index (κ1) is 11.1. The SMILES string of the molecule is O=[N+]([O-])c1cn(-c2cccnc2)nc1C(F)F. The van der Waals surface area contributed by atoms with Crippen LogP contribution in [0.3, 0.4) is 0 Å². The van der Waals surface area contributed by atoms with E-state index < -0.39 is 22.7 Å². The maximum Gasteiger partial charge on any atom is 0.316 e. The van der Waals surface area contributed by atoms with Gasteiger partial charge in [-0.25, -0.2) is 13.5 Å². The third-order valence-electron chi connectivity index (χ3n) is 2.04. The third-order valence-corrected chi connectivity index (χ3v) is 2.04. The third kappa shape index (κ3) is 2.10. The van der Waals surface area contributed by atoms with Crippen LogP contribution in [0.25, 0.3) is 5.69 Å². The minimum absolute atomic E-state index is 0.377. The number of nitro groups is 1. The number of alkyl halides is 2. The molecule has 0 aliphatic heterocycles. The van der Waals surface area contributed by atoms with Crippen LogP contribution in [-0.2, 0) is 0 Å². The number of aromatic nitrogens is 3. The molecule has 8 heteroatoms. The Labute approximate surface area is 93.7 Å². The number of nitrogens with zero attached hydrogens (tertiary/aromatic N) is 4. The highest BCUT2D eigenvalue weighted by atomic mass is 19.3. The van der Waals surface area contributed by atoms with E-state index >= 15 is 0 Å². The van der Waals surface area contributed by atoms with E-state index in [1.165, 1.54) is 12.4 Å². The van der Waals surface area contributed by atoms with Crippen LogP contribution in [-0.4, -0.2) is 19.7 Å². The zero-order valence-electron chi connectivity index (χ0n) is 8.33. The maximum atomic E-state index is 12.5. The lowest BCUT2D eigenvalue weighted by molar-refractivity contribution is -0.386. The van der Waals surface area contributed by atoms with E-state index in [9.17, 15) is 18.9 Å². The Morgan fingerprint density at radius 3 is 2.71 bits per heavy atom. The monoisotopic (exact) mass is 240 g/mol. The largest absolute Gasteiger partial charge is 0.316 e. The molecule has 0 aromatic carbocycles. The first-order valence-electron chi connectivity index (χ1n) is 4.52. The fourth-order valence-electron chi connectivity index (χ4n) is 1.30. The molecule has 2 heterocycles. The zero-order chi connectivity index (χ0) is 12.4. The summed E-state index contributed by atoms with van der Waals surface area (Å²) in [7, 11) is 0. The molecule has 0 aliphatic rings. The Kier molecular flexibility index (Phi) is 2.77. The number of pyridine rings is 1. The lowest BCUT2D eigenvalue weighted by Gasteiger charge is -1.97. The molecule has 0 saturated heterocycles. The highest BCUT2D eigenvalue weighted by Gasteiger charge is 2.27. The van der Waals surface area contributed by atoms with E-state index in [-0.39, 0.29) is 0 Å². The van der Waals surface area contributed by atoms with Crippen LogP contribution < -0.4 is 0 Å². The molecule has 0 fully saturated rings. The fourth-order valence-corrected chi connectivity index (χ4v) is 1.30. The molecule has 0 N–H and O–H groups in total. The molecule has 0 radical (unpaired) electrons. The molecule has 0 unspecified atom stereocenters. The summed E-state index contributed by atoms with van der Waals surface area (Å²) in [5, 5.41) is 14.1. The van der Waals surface area contributed by atoms with Crippen LogP contribution in [0.2, 0.25) is 0 Å². The van der Waals surface area contributed by atoms with Crippen LogP contribution in [0, 0.1) is 10.1 Å². The topological polar surface area (TPSA) is 73.8 Å². The van der Waals surface area contributed by atoms with E-state index in [1.807, 2.05) is 0 Å². The molecule has 0 aliphatic carbocycles. The molecule has 0 saturated carbocycles. The molecule has 0 bridgehead atoms. The van der Waals surface area contributed by atoms with E-state index in [1.54, 1.807) is 12.1 Å². The molecule has 0 amide bonds. The van der Waals surface area contributed by atoms with E-state index in [0.29, 0.717) is 5.69 Å². The number of hydrogen-bond acceptors (Lipinski definition) is 4. The summed E-state index contributed by atoms with van der Waals surface area (Å²) in [6, 6.07) is 3.13. The van der Waals surface area contributed by atoms with Gasteiger partial charge in [0, 0.05) is 6.20 Å². The van der Waals surface area contributed by atoms with Crippen molar-refractivity contribution in [2.45, 2.75) is 6.43 Å². The summed E-state index contributed by atoms with van der Waals surface area (Å²) in [6.45, 7) is 0. The van der Waals surface area contributed by atoms with Crippen molar-refractivity contribution in [1.82, 2.24) is 14.8 Å². The Hall–Kier alpha value is -2.38. The van der Waals surface area contributed by atoms with Crippen LogP contribution in [0.5, 0.6) is 0 Å². The second kappa shape index (κ2) is 4.24. The van der Waals surface area contributed by atoms with Gasteiger partial charge in [0.15, 0.2) is 0 Å². The molecule has 0 spiro atoms. The first-order chi connectivity index (χ1) is 8.09. The predicted octanol–water partition coefficient (Wildman–Crippen LogP) is 2.11. The predicted molar refractivity (Wildman–Crippen MR) is 53.0 cm³/mol. The quantitative estimate of drug-likeness (QED) is 0.608. The standard InChI is InChI=1S/C9H6F2N4O2/c10-9(11)8-7(15(16)17)5-14(13-8)6-2-1-3-12-4-6/h1-5,9H. The van der Waals surface area contributed by atoms with Gasteiger partial charge in [0.05, 0.1) is 16.8 Å². The van der Waals surface area contributed by atoms with Crippen LogP contribution in [0.4, 0.5) is 14.5 Å². The Balaban J connectivity index is 2.51. The first-order valence-corrected chi connectivity index (χ1v) is 4.52. The van der Waals surface area contributed by atoms with Crippen molar-refractivity contribution in [2.24, 2.45) is 0 Å². The maximum absolute atomic E-state index is 12.5. The van der Waals surface area contributed by atoms with Crippen molar-refractivity contribution in [2.75, 3.05) is 0 Å². The lowest BCUT2D eigenvalue weighted by atomic mass is 10.4. The van der Waals surface area contributed by atoms with Crippen molar-refractivity contribution in [3.63, 3.8) is 0 Å². The van der Waals surface area contributed by atoms with Crippen LogP contribution in [0.15, 0.2) is 30.7 Å². The van der Waals surface area contributed by atoms with Gasteiger partial charge in [-0.05, 0) is 12.1 Å².